The molecule has 0 fully saturated rings. The lowest BCUT2D eigenvalue weighted by atomic mass is 10.5. The van der Waals surface area contributed by atoms with Gasteiger partial charge in [-0.25, -0.2) is 0 Å². The Bertz CT molecular complexity index is 336. The molecule has 0 aliphatic carbocycles. The van der Waals surface area contributed by atoms with Crippen LogP contribution in [0.15, 0.2) is 31.9 Å². The van der Waals surface area contributed by atoms with E-state index in [1.807, 2.05) is 0 Å². The van der Waals surface area contributed by atoms with Gasteiger partial charge in [0, 0.05) is 4.47 Å². The zero-order valence-electron chi connectivity index (χ0n) is 5.34. The standard InChI is InChI=1S/C7H4Br2O2/c8-4-1-2-6(10)7(11)5(9)3-4/h1-3H,(H,10,11). The fourth-order valence-corrected chi connectivity index (χ4v) is 1.70. The fraction of sp³-hybridized carbons (Fsp3) is 0. The summed E-state index contributed by atoms with van der Waals surface area (Å²) in [5.74, 6) is -0.268. The molecule has 1 N–H and O–H groups in total. The third-order valence-corrected chi connectivity index (χ3v) is 2.22. The number of aromatic hydroxyl groups is 1. The van der Waals surface area contributed by atoms with Crippen molar-refractivity contribution in [3.63, 3.8) is 0 Å². The van der Waals surface area contributed by atoms with E-state index in [9.17, 15) is 4.79 Å². The molecule has 2 nitrogen and oxygen atoms in total. The van der Waals surface area contributed by atoms with Gasteiger partial charge in [0.25, 0.3) is 0 Å². The topological polar surface area (TPSA) is 37.3 Å². The van der Waals surface area contributed by atoms with Gasteiger partial charge >= 0.3 is 0 Å². The SMILES string of the molecule is O=c1ccc(Br)cc(Br)c1O. The molecule has 0 unspecified atom stereocenters. The highest BCUT2D eigenvalue weighted by Gasteiger charge is 1.99. The third-order valence-electron chi connectivity index (χ3n) is 1.12. The van der Waals surface area contributed by atoms with Gasteiger partial charge in [-0.1, -0.05) is 15.9 Å². The van der Waals surface area contributed by atoms with E-state index < -0.39 is 5.43 Å². The predicted molar refractivity (Wildman–Crippen MR) is 49.8 cm³/mol. The van der Waals surface area contributed by atoms with Crippen LogP contribution in [0.25, 0.3) is 0 Å². The summed E-state index contributed by atoms with van der Waals surface area (Å²) in [5, 5.41) is 9.11. The van der Waals surface area contributed by atoms with Crippen molar-refractivity contribution >= 4 is 31.9 Å². The van der Waals surface area contributed by atoms with E-state index in [4.69, 9.17) is 5.11 Å². The van der Waals surface area contributed by atoms with Crippen LogP contribution in [0.2, 0.25) is 0 Å². The Labute approximate surface area is 80.1 Å². The second-order valence-electron chi connectivity index (χ2n) is 1.92. The molecule has 11 heavy (non-hydrogen) atoms. The molecule has 0 aromatic heterocycles. The maximum atomic E-state index is 10.9. The van der Waals surface area contributed by atoms with Crippen molar-refractivity contribution in [1.29, 1.82) is 0 Å². The summed E-state index contributed by atoms with van der Waals surface area (Å²) >= 11 is 6.23. The van der Waals surface area contributed by atoms with Crippen LogP contribution < -0.4 is 5.43 Å². The Kier molecular flexibility index (Phi) is 2.67. The molecule has 0 aliphatic heterocycles. The molecular weight excluding hydrogens is 276 g/mol. The average molecular weight is 280 g/mol. The zero-order valence-corrected chi connectivity index (χ0v) is 8.52. The maximum absolute atomic E-state index is 10.9. The van der Waals surface area contributed by atoms with Gasteiger partial charge in [0.1, 0.15) is 0 Å². The summed E-state index contributed by atoms with van der Waals surface area (Å²) in [6, 6.07) is 4.48. The van der Waals surface area contributed by atoms with E-state index in [0.717, 1.165) is 4.47 Å². The molecule has 1 rings (SSSR count). The van der Waals surface area contributed by atoms with Crippen molar-refractivity contribution < 1.29 is 5.11 Å². The number of hydrogen-bond acceptors (Lipinski definition) is 2. The maximum Gasteiger partial charge on any atom is 0.221 e. The first-order valence-corrected chi connectivity index (χ1v) is 4.38. The Hall–Kier alpha value is -0.350. The van der Waals surface area contributed by atoms with E-state index in [1.54, 1.807) is 12.1 Å². The van der Waals surface area contributed by atoms with Crippen molar-refractivity contribution in [3.8, 4) is 5.75 Å². The largest absolute Gasteiger partial charge is 0.503 e. The summed E-state index contributed by atoms with van der Waals surface area (Å²) in [6.45, 7) is 0. The lowest BCUT2D eigenvalue weighted by Crippen LogP contribution is -1.92. The molecule has 4 heteroatoms. The number of rotatable bonds is 0. The summed E-state index contributed by atoms with van der Waals surface area (Å²) in [5.41, 5.74) is -0.400. The predicted octanol–water partition coefficient (Wildman–Crippen LogP) is 2.28. The van der Waals surface area contributed by atoms with Gasteiger partial charge < -0.3 is 5.11 Å². The molecule has 1 aromatic rings. The first kappa shape index (κ1) is 8.74. The molecule has 0 saturated heterocycles. The fourth-order valence-electron chi connectivity index (χ4n) is 0.589. The van der Waals surface area contributed by atoms with Gasteiger partial charge in [-0.05, 0) is 34.1 Å². The molecule has 0 saturated carbocycles. The molecule has 1 aromatic carbocycles. The number of hydrogen-bond donors (Lipinski definition) is 1. The summed E-state index contributed by atoms with van der Waals surface area (Å²) in [4.78, 5) is 10.9. The van der Waals surface area contributed by atoms with E-state index in [1.165, 1.54) is 6.07 Å². The minimum absolute atomic E-state index is 0.268. The first-order chi connectivity index (χ1) is 5.11. The van der Waals surface area contributed by atoms with Gasteiger partial charge in [0.05, 0.1) is 4.47 Å². The smallest absolute Gasteiger partial charge is 0.221 e. The van der Waals surface area contributed by atoms with Gasteiger partial charge in [-0.3, -0.25) is 4.79 Å². The minimum atomic E-state index is -0.400. The van der Waals surface area contributed by atoms with Crippen molar-refractivity contribution in [3.05, 3.63) is 37.4 Å². The molecule has 0 amide bonds. The second kappa shape index (κ2) is 3.36. The van der Waals surface area contributed by atoms with Crippen LogP contribution >= 0.6 is 31.9 Å². The molecule has 0 bridgehead atoms. The number of halogens is 2. The van der Waals surface area contributed by atoms with Crippen LogP contribution in [0.1, 0.15) is 0 Å². The molecule has 0 atom stereocenters. The normalized spacial score (nSPS) is 9.64. The van der Waals surface area contributed by atoms with Crippen LogP contribution in [-0.2, 0) is 0 Å². The lowest BCUT2D eigenvalue weighted by molar-refractivity contribution is 0.467. The van der Waals surface area contributed by atoms with Gasteiger partial charge in [-0.2, -0.15) is 0 Å². The van der Waals surface area contributed by atoms with Crippen LogP contribution in [0.4, 0.5) is 0 Å². The molecule has 0 aliphatic rings. The van der Waals surface area contributed by atoms with Crippen LogP contribution in [-0.4, -0.2) is 5.11 Å². The summed E-state index contributed by atoms with van der Waals surface area (Å²) < 4.78 is 1.13. The zero-order chi connectivity index (χ0) is 8.43. The Morgan fingerprint density at radius 1 is 1.27 bits per heavy atom. The van der Waals surface area contributed by atoms with E-state index >= 15 is 0 Å². The molecule has 0 heterocycles. The Morgan fingerprint density at radius 3 is 2.55 bits per heavy atom. The molecule has 0 spiro atoms. The highest BCUT2D eigenvalue weighted by atomic mass is 79.9. The third kappa shape index (κ3) is 2.04. The average Bonchev–Trinajstić information content (AvgIpc) is 2.05. The Morgan fingerprint density at radius 2 is 1.91 bits per heavy atom. The molecule has 0 radical (unpaired) electrons. The molecular formula is C7H4Br2O2. The van der Waals surface area contributed by atoms with E-state index in [0.29, 0.717) is 4.47 Å². The van der Waals surface area contributed by atoms with Crippen molar-refractivity contribution in [1.82, 2.24) is 0 Å². The summed E-state index contributed by atoms with van der Waals surface area (Å²) in [6.07, 6.45) is 0. The first-order valence-electron chi connectivity index (χ1n) is 2.79. The van der Waals surface area contributed by atoms with Crippen molar-refractivity contribution in [2.45, 2.75) is 0 Å². The van der Waals surface area contributed by atoms with E-state index in [2.05, 4.69) is 31.9 Å². The monoisotopic (exact) mass is 278 g/mol. The van der Waals surface area contributed by atoms with E-state index in [-0.39, 0.29) is 5.75 Å². The Balaban J connectivity index is 3.56. The lowest BCUT2D eigenvalue weighted by Gasteiger charge is -1.85. The van der Waals surface area contributed by atoms with Crippen LogP contribution in [0.3, 0.4) is 0 Å². The summed E-state index contributed by atoms with van der Waals surface area (Å²) in [7, 11) is 0. The van der Waals surface area contributed by atoms with Gasteiger partial charge in [-0.15, -0.1) is 0 Å². The minimum Gasteiger partial charge on any atom is -0.503 e. The van der Waals surface area contributed by atoms with Crippen LogP contribution in [0, 0.1) is 0 Å². The van der Waals surface area contributed by atoms with Gasteiger partial charge in [0.15, 0.2) is 5.75 Å². The van der Waals surface area contributed by atoms with Crippen molar-refractivity contribution in [2.24, 2.45) is 0 Å². The van der Waals surface area contributed by atoms with Crippen molar-refractivity contribution in [2.75, 3.05) is 0 Å². The highest BCUT2D eigenvalue weighted by Crippen LogP contribution is 2.21. The van der Waals surface area contributed by atoms with Gasteiger partial charge in [0.2, 0.25) is 5.43 Å². The second-order valence-corrected chi connectivity index (χ2v) is 3.69. The highest BCUT2D eigenvalue weighted by molar-refractivity contribution is 9.11. The van der Waals surface area contributed by atoms with Crippen LogP contribution in [0.5, 0.6) is 5.75 Å². The molecule has 58 valence electrons. The quantitative estimate of drug-likeness (QED) is 0.791.